The molecule has 196 valence electrons. The smallest absolute Gasteiger partial charge is 0.159 e. The number of nitrogens with zero attached hydrogens (tertiary/aromatic N) is 6. The van der Waals surface area contributed by atoms with Gasteiger partial charge in [0, 0.05) is 61.8 Å². The lowest BCUT2D eigenvalue weighted by Crippen LogP contribution is -2.72. The van der Waals surface area contributed by atoms with Crippen molar-refractivity contribution in [3.05, 3.63) is 94.7 Å². The molecule has 4 aromatic rings. The van der Waals surface area contributed by atoms with E-state index in [1.807, 2.05) is 32.2 Å². The fraction of sp³-hybridized carbons (Fsp3) is 0.345. The first-order valence-electron chi connectivity index (χ1n) is 12.9. The van der Waals surface area contributed by atoms with Gasteiger partial charge in [0.2, 0.25) is 0 Å². The van der Waals surface area contributed by atoms with Crippen LogP contribution in [0, 0.1) is 30.9 Å². The molecule has 0 atom stereocenters. The van der Waals surface area contributed by atoms with E-state index < -0.39 is 11.6 Å². The Morgan fingerprint density at radius 2 is 1.84 bits per heavy atom. The van der Waals surface area contributed by atoms with Crippen LogP contribution in [-0.2, 0) is 11.4 Å². The lowest BCUT2D eigenvalue weighted by Gasteiger charge is -2.61. The van der Waals surface area contributed by atoms with Crippen LogP contribution in [0.4, 0.5) is 14.5 Å². The minimum atomic E-state index is -0.933. The zero-order valence-electron chi connectivity index (χ0n) is 21.8. The Morgan fingerprint density at radius 1 is 1.03 bits per heavy atom. The van der Waals surface area contributed by atoms with Crippen molar-refractivity contribution in [1.29, 1.82) is 0 Å². The number of aromatic nitrogens is 3. The van der Waals surface area contributed by atoms with Crippen LogP contribution < -0.4 is 4.90 Å². The maximum atomic E-state index is 13.8. The molecule has 7 nitrogen and oxygen atoms in total. The van der Waals surface area contributed by atoms with E-state index in [1.165, 1.54) is 17.4 Å². The number of oxime groups is 1. The van der Waals surface area contributed by atoms with E-state index in [1.54, 1.807) is 0 Å². The topological polar surface area (TPSA) is 58.3 Å². The minimum Gasteiger partial charge on any atom is -0.396 e. The summed E-state index contributed by atoms with van der Waals surface area (Å²) >= 11 is 0. The van der Waals surface area contributed by atoms with Crippen molar-refractivity contribution in [1.82, 2.24) is 19.3 Å². The Bertz CT molecular complexity index is 1520. The van der Waals surface area contributed by atoms with Gasteiger partial charge in [0.1, 0.15) is 18.0 Å². The number of fused-ring (bicyclic) bond motifs is 1. The second-order valence-corrected chi connectivity index (χ2v) is 10.4. The number of imidazole rings is 1. The summed E-state index contributed by atoms with van der Waals surface area (Å²) in [5.74, 6) is -1.84. The van der Waals surface area contributed by atoms with Gasteiger partial charge in [-0.2, -0.15) is 0 Å². The van der Waals surface area contributed by atoms with E-state index in [2.05, 4.69) is 54.6 Å². The highest BCUT2D eigenvalue weighted by Crippen LogP contribution is 2.42. The molecule has 2 aliphatic heterocycles. The van der Waals surface area contributed by atoms with Crippen molar-refractivity contribution in [2.75, 3.05) is 37.7 Å². The predicted octanol–water partition coefficient (Wildman–Crippen LogP) is 4.74. The number of rotatable bonds is 7. The first-order chi connectivity index (χ1) is 18.3. The van der Waals surface area contributed by atoms with Crippen molar-refractivity contribution in [3.8, 4) is 0 Å². The average Bonchev–Trinajstić information content (AvgIpc) is 3.15. The van der Waals surface area contributed by atoms with Gasteiger partial charge in [-0.3, -0.25) is 9.88 Å². The first kappa shape index (κ1) is 24.5. The lowest BCUT2D eigenvalue weighted by atomic mass is 9.72. The van der Waals surface area contributed by atoms with E-state index in [-0.39, 0.29) is 0 Å². The molecule has 38 heavy (non-hydrogen) atoms. The normalized spacial score (nSPS) is 17.1. The van der Waals surface area contributed by atoms with Gasteiger partial charge in [-0.1, -0.05) is 11.2 Å². The third-order valence-corrected chi connectivity index (χ3v) is 7.57. The molecule has 5 heterocycles. The van der Waals surface area contributed by atoms with Gasteiger partial charge in [-0.15, -0.1) is 0 Å². The van der Waals surface area contributed by atoms with Gasteiger partial charge in [-0.25, -0.2) is 13.8 Å². The van der Waals surface area contributed by atoms with Crippen LogP contribution >= 0.6 is 0 Å². The van der Waals surface area contributed by atoms with E-state index >= 15 is 0 Å². The molecule has 0 radical (unpaired) electrons. The zero-order valence-corrected chi connectivity index (χ0v) is 21.8. The fourth-order valence-electron chi connectivity index (χ4n) is 5.55. The Labute approximate surface area is 220 Å². The third-order valence-electron chi connectivity index (χ3n) is 7.57. The van der Waals surface area contributed by atoms with Crippen LogP contribution in [-0.4, -0.2) is 57.8 Å². The van der Waals surface area contributed by atoms with Crippen molar-refractivity contribution in [2.24, 2.45) is 10.6 Å². The highest BCUT2D eigenvalue weighted by atomic mass is 19.2. The summed E-state index contributed by atoms with van der Waals surface area (Å²) in [7, 11) is 0. The monoisotopic (exact) mass is 516 g/mol. The van der Waals surface area contributed by atoms with E-state index in [0.29, 0.717) is 29.0 Å². The molecule has 1 aromatic carbocycles. The highest BCUT2D eigenvalue weighted by molar-refractivity contribution is 6.11. The molecule has 9 heteroatoms. The number of hydrogen-bond donors (Lipinski definition) is 0. The van der Waals surface area contributed by atoms with Gasteiger partial charge < -0.3 is 14.1 Å². The summed E-state index contributed by atoms with van der Waals surface area (Å²) in [5.41, 5.74) is 7.27. The summed E-state index contributed by atoms with van der Waals surface area (Å²) in [5, 5.41) is 4.11. The largest absolute Gasteiger partial charge is 0.396 e. The van der Waals surface area contributed by atoms with Gasteiger partial charge in [0.05, 0.1) is 17.1 Å². The maximum absolute atomic E-state index is 13.8. The number of halogens is 2. The predicted molar refractivity (Wildman–Crippen MR) is 142 cm³/mol. The van der Waals surface area contributed by atoms with Crippen LogP contribution in [0.1, 0.15) is 35.1 Å². The molecular weight excluding hydrogens is 486 g/mol. The molecule has 0 bridgehead atoms. The Morgan fingerprint density at radius 3 is 2.55 bits per heavy atom. The molecule has 0 N–H and O–H groups in total. The van der Waals surface area contributed by atoms with Crippen molar-refractivity contribution < 1.29 is 13.6 Å². The molecule has 2 aliphatic rings. The van der Waals surface area contributed by atoms with E-state index in [0.717, 1.165) is 61.8 Å². The summed E-state index contributed by atoms with van der Waals surface area (Å²) in [6.07, 6.45) is 4.02. The number of benzene rings is 1. The van der Waals surface area contributed by atoms with Crippen molar-refractivity contribution in [2.45, 2.75) is 27.3 Å². The second kappa shape index (κ2) is 9.47. The van der Waals surface area contributed by atoms with Crippen LogP contribution in [0.5, 0.6) is 0 Å². The number of likely N-dealkylation sites (tertiary alicyclic amines) is 1. The van der Waals surface area contributed by atoms with Gasteiger partial charge in [0.15, 0.2) is 11.6 Å². The van der Waals surface area contributed by atoms with Gasteiger partial charge >= 0.3 is 0 Å². The maximum Gasteiger partial charge on any atom is 0.159 e. The Kier molecular flexibility index (Phi) is 6.10. The molecule has 2 fully saturated rings. The van der Waals surface area contributed by atoms with Crippen LogP contribution in [0.25, 0.3) is 5.65 Å². The number of pyridine rings is 2. The average molecular weight is 517 g/mol. The van der Waals surface area contributed by atoms with Gasteiger partial charge in [0.25, 0.3) is 0 Å². The number of aryl methyl sites for hydroxylation is 2. The van der Waals surface area contributed by atoms with Crippen LogP contribution in [0.2, 0.25) is 0 Å². The molecular formula is C29H30F2N6O. The Balaban J connectivity index is 1.07. The van der Waals surface area contributed by atoms with Crippen LogP contribution in [0.3, 0.4) is 0 Å². The molecule has 0 saturated carbocycles. The van der Waals surface area contributed by atoms with E-state index in [9.17, 15) is 8.78 Å². The summed E-state index contributed by atoms with van der Waals surface area (Å²) < 4.78 is 29.4. The molecule has 0 aliphatic carbocycles. The SMILES string of the molecule is CCON=C(c1ccc(F)c(F)c1)c1ccc(CN2CC3(C2)CN(c2ccc4nc(C)c(C)n4c2)C3)cn1. The highest BCUT2D eigenvalue weighted by Gasteiger charge is 2.51. The van der Waals surface area contributed by atoms with Crippen molar-refractivity contribution in [3.63, 3.8) is 0 Å². The fourth-order valence-corrected chi connectivity index (χ4v) is 5.55. The summed E-state index contributed by atoms with van der Waals surface area (Å²) in [6.45, 7) is 11.4. The zero-order chi connectivity index (χ0) is 26.4. The molecule has 3 aromatic heterocycles. The van der Waals surface area contributed by atoms with Gasteiger partial charge in [-0.05, 0) is 62.7 Å². The first-order valence-corrected chi connectivity index (χ1v) is 12.9. The van der Waals surface area contributed by atoms with Crippen LogP contribution in [0.15, 0.2) is 60.0 Å². The summed E-state index contributed by atoms with van der Waals surface area (Å²) in [6, 6.07) is 11.8. The number of anilines is 1. The molecule has 1 spiro atoms. The molecule has 0 amide bonds. The lowest BCUT2D eigenvalue weighted by molar-refractivity contribution is -0.0274. The summed E-state index contributed by atoms with van der Waals surface area (Å²) in [4.78, 5) is 19.3. The third kappa shape index (κ3) is 4.41. The Hall–Kier alpha value is -3.85. The van der Waals surface area contributed by atoms with Crippen molar-refractivity contribution >= 4 is 17.0 Å². The number of hydrogen-bond acceptors (Lipinski definition) is 6. The molecule has 0 unspecified atom stereocenters. The molecule has 2 saturated heterocycles. The second-order valence-electron chi connectivity index (χ2n) is 10.4. The molecule has 6 rings (SSSR count). The quantitative estimate of drug-likeness (QED) is 0.263. The minimum absolute atomic E-state index is 0.353. The van der Waals surface area contributed by atoms with E-state index in [4.69, 9.17) is 4.84 Å². The standard InChI is InChI=1S/C29H30F2N6O/c1-4-38-34-28(22-6-8-24(30)25(31)11-22)26-9-5-21(12-32-26)13-35-15-29(16-35)17-36(18-29)23-7-10-27-33-19(2)20(3)37(27)14-23/h5-12,14H,4,13,15-18H2,1-3H3.